The van der Waals surface area contributed by atoms with Crippen molar-refractivity contribution in [3.8, 4) is 0 Å². The lowest BCUT2D eigenvalue weighted by Gasteiger charge is -2.18. The number of nitrogens with zero attached hydrogens (tertiary/aromatic N) is 3. The highest BCUT2D eigenvalue weighted by Gasteiger charge is 2.31. The fourth-order valence-electron chi connectivity index (χ4n) is 2.51. The Morgan fingerprint density at radius 2 is 2.10 bits per heavy atom. The molecule has 0 radical (unpaired) electrons. The Hall–Kier alpha value is -1.53. The summed E-state index contributed by atoms with van der Waals surface area (Å²) in [6.07, 6.45) is 4.48. The van der Waals surface area contributed by atoms with Crippen molar-refractivity contribution in [2.24, 2.45) is 0 Å². The molecule has 0 amide bonds. The number of sulfonamides is 1. The molecule has 1 aliphatic rings. The summed E-state index contributed by atoms with van der Waals surface area (Å²) in [4.78, 5) is 0.230. The van der Waals surface area contributed by atoms with Crippen molar-refractivity contribution in [1.29, 1.82) is 0 Å². The maximum Gasteiger partial charge on any atom is 0.267 e. The Morgan fingerprint density at radius 3 is 2.90 bits per heavy atom. The Kier molecular flexibility index (Phi) is 3.91. The van der Waals surface area contributed by atoms with Crippen LogP contribution in [0, 0.1) is 0 Å². The number of halogens is 1. The molecule has 0 unspecified atom stereocenters. The number of anilines is 1. The van der Waals surface area contributed by atoms with Gasteiger partial charge >= 0.3 is 0 Å². The van der Waals surface area contributed by atoms with Gasteiger partial charge in [-0.25, -0.2) is 8.42 Å². The topological polar surface area (TPSA) is 55.2 Å². The van der Waals surface area contributed by atoms with Gasteiger partial charge in [-0.05, 0) is 24.5 Å². The van der Waals surface area contributed by atoms with Crippen molar-refractivity contribution >= 4 is 27.3 Å². The second-order valence-corrected chi connectivity index (χ2v) is 7.18. The summed E-state index contributed by atoms with van der Waals surface area (Å²) in [7, 11) is -3.54. The van der Waals surface area contributed by atoms with Crippen molar-refractivity contribution in [3.63, 3.8) is 0 Å². The van der Waals surface area contributed by atoms with Crippen LogP contribution in [0.1, 0.15) is 12.0 Å². The van der Waals surface area contributed by atoms with Crippen LogP contribution in [0.2, 0.25) is 0 Å². The zero-order valence-electron chi connectivity index (χ0n) is 11.4. The van der Waals surface area contributed by atoms with Gasteiger partial charge < -0.3 is 0 Å². The van der Waals surface area contributed by atoms with Crippen molar-refractivity contribution < 1.29 is 8.42 Å². The molecular weight excluding hydrogens is 310 g/mol. The van der Waals surface area contributed by atoms with Crippen LogP contribution in [0.3, 0.4) is 0 Å². The summed E-state index contributed by atoms with van der Waals surface area (Å²) in [6, 6.07) is 7.60. The molecule has 7 heteroatoms. The third-order valence-electron chi connectivity index (χ3n) is 3.56. The number of aromatic nitrogens is 2. The molecule has 0 fully saturated rings. The summed E-state index contributed by atoms with van der Waals surface area (Å²) in [5.74, 6) is 0.529. The van der Waals surface area contributed by atoms with Crippen molar-refractivity contribution in [1.82, 2.24) is 9.78 Å². The smallest absolute Gasteiger partial charge is 0.267 e. The molecule has 5 nitrogen and oxygen atoms in total. The zero-order chi connectivity index (χ0) is 14.9. The number of benzene rings is 1. The fourth-order valence-corrected chi connectivity index (χ4v) is 4.08. The lowest BCUT2D eigenvalue weighted by Crippen LogP contribution is -2.28. The highest BCUT2D eigenvalue weighted by atomic mass is 35.5. The van der Waals surface area contributed by atoms with E-state index in [9.17, 15) is 8.42 Å². The minimum atomic E-state index is -3.54. The van der Waals surface area contributed by atoms with E-state index in [1.54, 1.807) is 10.9 Å². The molecule has 0 saturated carbocycles. The third kappa shape index (κ3) is 2.65. The number of hydrogen-bond acceptors (Lipinski definition) is 3. The summed E-state index contributed by atoms with van der Waals surface area (Å²) in [6.45, 7) is 1.10. The molecule has 0 N–H and O–H groups in total. The molecule has 0 atom stereocenters. The van der Waals surface area contributed by atoms with E-state index < -0.39 is 10.0 Å². The van der Waals surface area contributed by atoms with Crippen LogP contribution >= 0.6 is 11.6 Å². The predicted molar refractivity (Wildman–Crippen MR) is 82.2 cm³/mol. The van der Waals surface area contributed by atoms with E-state index in [0.717, 1.165) is 24.1 Å². The monoisotopic (exact) mass is 325 g/mol. The molecular formula is C14H16ClN3O2S. The molecule has 2 heterocycles. The van der Waals surface area contributed by atoms with Gasteiger partial charge in [-0.15, -0.1) is 11.6 Å². The van der Waals surface area contributed by atoms with E-state index in [1.807, 2.05) is 24.3 Å². The Bertz CT molecular complexity index is 742. The van der Waals surface area contributed by atoms with E-state index in [2.05, 4.69) is 5.10 Å². The highest BCUT2D eigenvalue weighted by molar-refractivity contribution is 7.92. The van der Waals surface area contributed by atoms with Gasteiger partial charge in [-0.1, -0.05) is 18.2 Å². The Labute approximate surface area is 129 Å². The van der Waals surface area contributed by atoms with E-state index >= 15 is 0 Å². The first-order valence-corrected chi connectivity index (χ1v) is 8.79. The average Bonchev–Trinajstić information content (AvgIpc) is 3.12. The van der Waals surface area contributed by atoms with Crippen molar-refractivity contribution in [2.45, 2.75) is 24.3 Å². The summed E-state index contributed by atoms with van der Waals surface area (Å²) in [5.41, 5.74) is 1.83. The first-order chi connectivity index (χ1) is 10.1. The number of para-hydroxylation sites is 1. The molecule has 1 aromatic heterocycles. The van der Waals surface area contributed by atoms with Gasteiger partial charge in [0.2, 0.25) is 0 Å². The minimum Gasteiger partial charge on any atom is -0.271 e. The fraction of sp³-hybridized carbons (Fsp3) is 0.357. The number of alkyl halides is 1. The number of hydrogen-bond donors (Lipinski definition) is 0. The molecule has 21 heavy (non-hydrogen) atoms. The predicted octanol–water partition coefficient (Wildman–Crippen LogP) is 2.26. The van der Waals surface area contributed by atoms with Gasteiger partial charge in [-0.3, -0.25) is 8.99 Å². The second kappa shape index (κ2) is 5.69. The van der Waals surface area contributed by atoms with Crippen LogP contribution < -0.4 is 4.31 Å². The van der Waals surface area contributed by atoms with Crippen LogP contribution in [0.25, 0.3) is 0 Å². The molecule has 1 aromatic carbocycles. The maximum atomic E-state index is 12.7. The number of aryl methyl sites for hydroxylation is 1. The van der Waals surface area contributed by atoms with E-state index in [1.165, 1.54) is 10.5 Å². The third-order valence-corrected chi connectivity index (χ3v) is 5.60. The molecule has 0 aliphatic carbocycles. The van der Waals surface area contributed by atoms with Gasteiger partial charge in [0.15, 0.2) is 0 Å². The molecule has 1 aliphatic heterocycles. The SMILES string of the molecule is O=S(=O)(c1cnn(CCCCl)c1)N1CCc2ccccc21. The summed E-state index contributed by atoms with van der Waals surface area (Å²) >= 11 is 5.64. The van der Waals surface area contributed by atoms with Crippen LogP contribution in [-0.2, 0) is 23.0 Å². The van der Waals surface area contributed by atoms with Crippen LogP contribution in [0.5, 0.6) is 0 Å². The quantitative estimate of drug-likeness (QED) is 0.792. The molecule has 2 aromatic rings. The van der Waals surface area contributed by atoms with Gasteiger partial charge in [0.1, 0.15) is 4.90 Å². The molecule has 3 rings (SSSR count). The molecule has 112 valence electrons. The standard InChI is InChI=1S/C14H16ClN3O2S/c15-7-3-8-17-11-13(10-16-17)21(19,20)18-9-6-12-4-1-2-5-14(12)18/h1-2,4-5,10-11H,3,6-9H2. The highest BCUT2D eigenvalue weighted by Crippen LogP contribution is 2.32. The second-order valence-electron chi connectivity index (χ2n) is 4.94. The molecule has 0 bridgehead atoms. The maximum absolute atomic E-state index is 12.7. The van der Waals surface area contributed by atoms with Gasteiger partial charge in [0.05, 0.1) is 11.9 Å². The first kappa shape index (κ1) is 14.4. The normalized spacial score (nSPS) is 14.4. The Morgan fingerprint density at radius 1 is 1.29 bits per heavy atom. The van der Waals surface area contributed by atoms with Gasteiger partial charge in [0, 0.05) is 25.2 Å². The van der Waals surface area contributed by atoms with Crippen LogP contribution in [0.15, 0.2) is 41.6 Å². The van der Waals surface area contributed by atoms with Crippen molar-refractivity contribution in [3.05, 3.63) is 42.2 Å². The zero-order valence-corrected chi connectivity index (χ0v) is 13.0. The molecule has 0 saturated heterocycles. The van der Waals surface area contributed by atoms with Gasteiger partial charge in [0.25, 0.3) is 10.0 Å². The average molecular weight is 326 g/mol. The van der Waals surface area contributed by atoms with E-state index in [0.29, 0.717) is 19.0 Å². The van der Waals surface area contributed by atoms with Crippen molar-refractivity contribution in [2.75, 3.05) is 16.7 Å². The Balaban J connectivity index is 1.89. The van der Waals surface area contributed by atoms with Gasteiger partial charge in [-0.2, -0.15) is 5.10 Å². The summed E-state index contributed by atoms with van der Waals surface area (Å²) in [5, 5.41) is 4.10. The first-order valence-electron chi connectivity index (χ1n) is 6.82. The number of fused-ring (bicyclic) bond motifs is 1. The largest absolute Gasteiger partial charge is 0.271 e. The minimum absolute atomic E-state index is 0.230. The lowest BCUT2D eigenvalue weighted by molar-refractivity contribution is 0.589. The molecule has 0 spiro atoms. The number of rotatable bonds is 5. The van der Waals surface area contributed by atoms with Crippen LogP contribution in [0.4, 0.5) is 5.69 Å². The van der Waals surface area contributed by atoms with E-state index in [4.69, 9.17) is 11.6 Å². The summed E-state index contributed by atoms with van der Waals surface area (Å²) < 4.78 is 28.5. The lowest BCUT2D eigenvalue weighted by atomic mass is 10.2. The van der Waals surface area contributed by atoms with E-state index in [-0.39, 0.29) is 4.90 Å². The van der Waals surface area contributed by atoms with Crippen LogP contribution in [-0.4, -0.2) is 30.6 Å².